The van der Waals surface area contributed by atoms with Crippen molar-refractivity contribution >= 4 is 135 Å². The van der Waals surface area contributed by atoms with Crippen LogP contribution >= 0.6 is 37.7 Å². The van der Waals surface area contributed by atoms with Crippen LogP contribution in [0.1, 0.15) is 0 Å². The van der Waals surface area contributed by atoms with E-state index in [0.717, 1.165) is 102 Å². The fourth-order valence-electron chi connectivity index (χ4n) is 10.2. The summed E-state index contributed by atoms with van der Waals surface area (Å²) >= 11 is -0.556. The molecule has 0 N–H and O–H groups in total. The third kappa shape index (κ3) is 17.2. The minimum atomic E-state index is -3.06. The van der Waals surface area contributed by atoms with Crippen LogP contribution in [0.2, 0.25) is 0 Å². The maximum atomic E-state index is 5.01. The number of rotatable bonds is 14. The van der Waals surface area contributed by atoms with E-state index < -0.39 is 11.9 Å². The van der Waals surface area contributed by atoms with E-state index in [9.17, 15) is 0 Å². The molecule has 14 rings (SSSR count). The van der Waals surface area contributed by atoms with Crippen molar-refractivity contribution in [3.05, 3.63) is 329 Å². The van der Waals surface area contributed by atoms with Gasteiger partial charge in [0, 0.05) is 106 Å². The Hall–Kier alpha value is -5.55. The molecule has 0 fully saturated rings. The number of aromatic nitrogens is 8. The minimum absolute atomic E-state index is 0. The van der Waals surface area contributed by atoms with E-state index >= 15 is 0 Å². The van der Waals surface area contributed by atoms with Gasteiger partial charge < -0.3 is 18.9 Å². The number of nitrogens with zero attached hydrogens (tertiary/aromatic N) is 10. The third-order valence-corrected chi connectivity index (χ3v) is 14.0. The van der Waals surface area contributed by atoms with E-state index in [1.807, 2.05) is 171 Å². The molecule has 0 saturated carbocycles. The van der Waals surface area contributed by atoms with Gasteiger partial charge in [-0.3, -0.25) is 19.1 Å². The first kappa shape index (κ1) is 67.3. The summed E-state index contributed by atoms with van der Waals surface area (Å²) in [6, 6.07) is 98.5. The smallest absolute Gasteiger partial charge is 0.346 e. The van der Waals surface area contributed by atoms with Crippen LogP contribution in [0.15, 0.2) is 316 Å². The van der Waals surface area contributed by atoms with Crippen LogP contribution in [0, 0.1) is 12.1 Å². The number of hydrogen-bond donors (Lipinski definition) is 0. The van der Waals surface area contributed by atoms with Gasteiger partial charge in [0.05, 0.1) is 11.6 Å². The Kier molecular flexibility index (Phi) is 24.9. The van der Waals surface area contributed by atoms with Gasteiger partial charge >= 0.3 is 134 Å². The molecule has 10 nitrogen and oxygen atoms in total. The van der Waals surface area contributed by atoms with Crippen molar-refractivity contribution < 1.29 is 33.0 Å². The minimum Gasteiger partial charge on any atom is -0.346 e. The Morgan fingerprint density at radius 1 is 0.311 bits per heavy atom. The zero-order valence-corrected chi connectivity index (χ0v) is 62.5. The van der Waals surface area contributed by atoms with Crippen molar-refractivity contribution in [1.82, 2.24) is 38.2 Å². The van der Waals surface area contributed by atoms with Gasteiger partial charge in [0.25, 0.3) is 0 Å². The molecule has 14 aromatic rings. The molecule has 0 bridgehead atoms. The predicted molar refractivity (Wildman–Crippen MR) is 365 cm³/mol. The van der Waals surface area contributed by atoms with E-state index in [1.165, 1.54) is 63.2 Å². The fraction of sp³-hybridized carbons (Fsp3) is 0. The summed E-state index contributed by atoms with van der Waals surface area (Å²) in [6.07, 6.45) is 15.3. The topological polar surface area (TPSA) is 77.8 Å². The van der Waals surface area contributed by atoms with Crippen molar-refractivity contribution in [2.75, 3.05) is 9.80 Å². The van der Waals surface area contributed by atoms with Gasteiger partial charge in [-0.05, 0) is 108 Å². The molecule has 0 saturated heterocycles. The molecule has 0 atom stereocenters. The molecule has 0 radical (unpaired) electrons. The first-order valence-corrected chi connectivity index (χ1v) is 55.8. The molecule has 10 aromatic carbocycles. The van der Waals surface area contributed by atoms with Crippen LogP contribution < -0.4 is 9.80 Å². The van der Waals surface area contributed by atoms with Gasteiger partial charge in [0.15, 0.2) is 0 Å². The van der Waals surface area contributed by atoms with Crippen LogP contribution in [0.25, 0.3) is 68.3 Å². The van der Waals surface area contributed by atoms with Gasteiger partial charge in [0.1, 0.15) is 11.6 Å². The van der Waals surface area contributed by atoms with Crippen molar-refractivity contribution in [3.63, 3.8) is 0 Å². The van der Waals surface area contributed by atoms with Gasteiger partial charge in [-0.15, -0.1) is 59.7 Å². The number of anilines is 6. The average molecular weight is 1670 g/mol. The first-order chi connectivity index (χ1) is 43.7. The molecule has 440 valence electrons. The number of para-hydroxylation sites is 6. The molecule has 4 heterocycles. The number of hydrogen-bond acceptors (Lipinski definition) is 6. The van der Waals surface area contributed by atoms with Gasteiger partial charge in [-0.2, -0.15) is 0 Å². The molecular weight excluding hydrogens is 1620 g/mol. The SMILES string of the molecule is [Cl][Pt]([Cl])([Cl])[Cl].[K][K].[Pt+2].[c-]1c(-c2nccn2-c2ccccc2)cccc1N(c1[c-]c(-c2nccn2-c2ccccc2)ccc1)c1ccccc1.c1ccc(N(c2cccc(-c3nccn3-c3ccccc3)c2)c2cccc(-c3nccn3-c3ccccc3)c2)cc1. The average Bonchev–Trinajstić information content (AvgIpc) is 3.06. The Bertz CT molecular complexity index is 3970. The maximum Gasteiger partial charge on any atom is 2.00 e. The van der Waals surface area contributed by atoms with Crippen LogP contribution in [0.3, 0.4) is 0 Å². The summed E-state index contributed by atoms with van der Waals surface area (Å²) in [5.41, 5.74) is 14.0. The van der Waals surface area contributed by atoms with Crippen LogP contribution in [0.5, 0.6) is 0 Å². The van der Waals surface area contributed by atoms with Crippen LogP contribution in [0.4, 0.5) is 34.1 Å². The summed E-state index contributed by atoms with van der Waals surface area (Å²) in [5, 5.41) is 0. The van der Waals surface area contributed by atoms with Crippen LogP contribution in [-0.2, 0) is 33.0 Å². The monoisotopic (exact) mass is 1660 g/mol. The number of imidazole rings is 4. The van der Waals surface area contributed by atoms with Gasteiger partial charge in [-0.25, -0.2) is 9.97 Å². The Balaban J connectivity index is 0.000000178. The second-order valence-corrected chi connectivity index (χ2v) is 39.1. The molecule has 0 amide bonds. The quantitative estimate of drug-likeness (QED) is 0.0797. The number of benzene rings is 10. The predicted octanol–water partition coefficient (Wildman–Crippen LogP) is 19.3. The van der Waals surface area contributed by atoms with Crippen LogP contribution in [-0.4, -0.2) is 101 Å². The van der Waals surface area contributed by atoms with Crippen molar-refractivity contribution in [1.29, 1.82) is 0 Å². The Morgan fingerprint density at radius 3 is 0.911 bits per heavy atom. The Morgan fingerprint density at radius 2 is 0.578 bits per heavy atom. The second kappa shape index (κ2) is 33.3. The van der Waals surface area contributed by atoms with Gasteiger partial charge in [-0.1, -0.05) is 133 Å². The van der Waals surface area contributed by atoms with Gasteiger partial charge in [0.2, 0.25) is 0 Å². The molecule has 0 aliphatic carbocycles. The number of halogens is 4. The molecule has 0 unspecified atom stereocenters. The Labute approximate surface area is 603 Å². The zero-order chi connectivity index (χ0) is 61.4. The normalized spacial score (nSPS) is 10.9. The van der Waals surface area contributed by atoms with E-state index in [-0.39, 0.29) is 21.1 Å². The molecule has 0 aliphatic rings. The molecular formula is C72H52Cl4K2N10Pt2. The van der Waals surface area contributed by atoms with E-state index in [4.69, 9.17) is 47.6 Å². The summed E-state index contributed by atoms with van der Waals surface area (Å²) in [4.78, 5) is 23.3. The maximum absolute atomic E-state index is 5.01. The van der Waals surface area contributed by atoms with Crippen molar-refractivity contribution in [3.8, 4) is 68.3 Å². The van der Waals surface area contributed by atoms with E-state index in [0.29, 0.717) is 0 Å². The fourth-order valence-corrected chi connectivity index (χ4v) is 10.2. The largest absolute Gasteiger partial charge is 2.00 e. The second-order valence-electron chi connectivity index (χ2n) is 19.4. The molecule has 0 aliphatic heterocycles. The molecule has 0 spiro atoms. The summed E-state index contributed by atoms with van der Waals surface area (Å²) in [6.45, 7) is 0. The summed E-state index contributed by atoms with van der Waals surface area (Å²) in [7, 11) is 20.0. The first-order valence-electron chi connectivity index (χ1n) is 28.5. The molecule has 18 heteroatoms. The third-order valence-electron chi connectivity index (χ3n) is 14.0. The standard InChI is InChI=1S/C36H27N5.C36H25N5.4ClH.2K.2Pt/c2*1-4-14-30(15-5-1)39-24-22-37-35(39)28-12-10-20-33(26-28)41(32-18-8-3-9-19-32)34-21-11-13-29(27-34)36-38-23-25-40(36)31-16-6-2-7-17-31;;;;;;;;/h1-27H;1-25H;4*1H;;;;/q;-2;;;;;;;+2;+4/p-4. The van der Waals surface area contributed by atoms with E-state index in [1.54, 1.807) is 0 Å². The van der Waals surface area contributed by atoms with Crippen molar-refractivity contribution in [2.45, 2.75) is 0 Å². The zero-order valence-electron chi connectivity index (χ0n) is 48.6. The molecule has 90 heavy (non-hydrogen) atoms. The molecule has 4 aromatic heterocycles. The van der Waals surface area contributed by atoms with E-state index in [2.05, 4.69) is 196 Å². The summed E-state index contributed by atoms with van der Waals surface area (Å²) in [5.74, 6) is 3.44. The van der Waals surface area contributed by atoms with Crippen molar-refractivity contribution in [2.24, 2.45) is 0 Å². The summed E-state index contributed by atoms with van der Waals surface area (Å²) < 4.78 is 8.41.